The summed E-state index contributed by atoms with van der Waals surface area (Å²) in [5.41, 5.74) is 0.421. The van der Waals surface area contributed by atoms with Gasteiger partial charge in [-0.1, -0.05) is 11.6 Å². The van der Waals surface area contributed by atoms with Gasteiger partial charge >= 0.3 is 5.97 Å². The maximum Gasteiger partial charge on any atom is 0.309 e. The SMILES string of the molecule is CCOC(=O)C1CCN(c2nccc(C#N)c2Cl)CC1. The van der Waals surface area contributed by atoms with Gasteiger partial charge in [-0.3, -0.25) is 4.79 Å². The molecule has 1 fully saturated rings. The molecular weight excluding hydrogens is 278 g/mol. The minimum Gasteiger partial charge on any atom is -0.466 e. The fourth-order valence-corrected chi connectivity index (χ4v) is 2.60. The van der Waals surface area contributed by atoms with E-state index in [1.807, 2.05) is 17.9 Å². The molecule has 106 valence electrons. The summed E-state index contributed by atoms with van der Waals surface area (Å²) in [6, 6.07) is 3.64. The number of pyridine rings is 1. The van der Waals surface area contributed by atoms with E-state index in [0.717, 1.165) is 0 Å². The third kappa shape index (κ3) is 3.02. The van der Waals surface area contributed by atoms with E-state index in [4.69, 9.17) is 21.6 Å². The second-order valence-corrected chi connectivity index (χ2v) is 5.00. The van der Waals surface area contributed by atoms with Gasteiger partial charge in [-0.05, 0) is 25.8 Å². The van der Waals surface area contributed by atoms with Crippen molar-refractivity contribution in [2.45, 2.75) is 19.8 Å². The van der Waals surface area contributed by atoms with E-state index >= 15 is 0 Å². The van der Waals surface area contributed by atoms with Crippen molar-refractivity contribution in [3.63, 3.8) is 0 Å². The summed E-state index contributed by atoms with van der Waals surface area (Å²) in [6.07, 6.45) is 3.01. The lowest BCUT2D eigenvalue weighted by atomic mass is 9.97. The first-order valence-electron chi connectivity index (χ1n) is 6.63. The van der Waals surface area contributed by atoms with Gasteiger partial charge in [-0.25, -0.2) is 4.98 Å². The number of esters is 1. The Labute approximate surface area is 123 Å². The van der Waals surface area contributed by atoms with E-state index in [2.05, 4.69) is 4.98 Å². The van der Waals surface area contributed by atoms with Crippen LogP contribution in [-0.4, -0.2) is 30.6 Å². The van der Waals surface area contributed by atoms with Crippen molar-refractivity contribution in [2.75, 3.05) is 24.6 Å². The molecule has 0 N–H and O–H groups in total. The minimum absolute atomic E-state index is 0.0517. The maximum atomic E-state index is 11.7. The number of ether oxygens (including phenoxy) is 1. The normalized spacial score (nSPS) is 15.8. The molecule has 1 aromatic heterocycles. The molecule has 0 aliphatic carbocycles. The van der Waals surface area contributed by atoms with Crippen molar-refractivity contribution in [1.29, 1.82) is 5.26 Å². The Morgan fingerprint density at radius 3 is 2.90 bits per heavy atom. The predicted molar refractivity (Wildman–Crippen MR) is 75.5 cm³/mol. The molecule has 1 aromatic rings. The number of piperidine rings is 1. The van der Waals surface area contributed by atoms with Crippen LogP contribution in [0.25, 0.3) is 0 Å². The maximum absolute atomic E-state index is 11.7. The molecule has 2 heterocycles. The number of halogens is 1. The summed E-state index contributed by atoms with van der Waals surface area (Å²) in [6.45, 7) is 3.59. The van der Waals surface area contributed by atoms with Crippen LogP contribution in [0.1, 0.15) is 25.3 Å². The van der Waals surface area contributed by atoms with E-state index in [-0.39, 0.29) is 11.9 Å². The molecule has 5 nitrogen and oxygen atoms in total. The first-order chi connectivity index (χ1) is 9.67. The molecule has 0 bridgehead atoms. The predicted octanol–water partition coefficient (Wildman–Crippen LogP) is 2.39. The Morgan fingerprint density at radius 1 is 1.60 bits per heavy atom. The molecule has 0 unspecified atom stereocenters. The molecule has 0 aromatic carbocycles. The van der Waals surface area contributed by atoms with Crippen molar-refractivity contribution >= 4 is 23.4 Å². The van der Waals surface area contributed by atoms with Crippen LogP contribution in [0.3, 0.4) is 0 Å². The second kappa shape index (κ2) is 6.58. The van der Waals surface area contributed by atoms with Gasteiger partial charge in [0.05, 0.1) is 18.1 Å². The average molecular weight is 294 g/mol. The van der Waals surface area contributed by atoms with Gasteiger partial charge in [0.1, 0.15) is 16.9 Å². The highest BCUT2D eigenvalue weighted by Gasteiger charge is 2.27. The van der Waals surface area contributed by atoms with Crippen molar-refractivity contribution in [3.05, 3.63) is 22.8 Å². The Morgan fingerprint density at radius 2 is 2.30 bits per heavy atom. The van der Waals surface area contributed by atoms with Crippen molar-refractivity contribution in [3.8, 4) is 6.07 Å². The van der Waals surface area contributed by atoms with Gasteiger partial charge in [0, 0.05) is 19.3 Å². The van der Waals surface area contributed by atoms with E-state index in [0.29, 0.717) is 48.9 Å². The monoisotopic (exact) mass is 293 g/mol. The lowest BCUT2D eigenvalue weighted by Gasteiger charge is -2.32. The molecular formula is C14H16ClN3O2. The summed E-state index contributed by atoms with van der Waals surface area (Å²) in [5, 5.41) is 9.35. The topological polar surface area (TPSA) is 66.2 Å². The van der Waals surface area contributed by atoms with E-state index in [9.17, 15) is 4.79 Å². The number of carbonyl (C=O) groups excluding carboxylic acids is 1. The van der Waals surface area contributed by atoms with Crippen LogP contribution in [0.2, 0.25) is 5.02 Å². The van der Waals surface area contributed by atoms with Gasteiger partial charge in [0.25, 0.3) is 0 Å². The summed E-state index contributed by atoms with van der Waals surface area (Å²) in [4.78, 5) is 17.9. The summed E-state index contributed by atoms with van der Waals surface area (Å²) in [7, 11) is 0. The standard InChI is InChI=1S/C14H16ClN3O2/c1-2-20-14(19)10-4-7-18(8-5-10)13-12(15)11(9-16)3-6-17-13/h3,6,10H,2,4-5,7-8H2,1H3. The molecule has 1 aliphatic heterocycles. The zero-order valence-electron chi connectivity index (χ0n) is 11.3. The lowest BCUT2D eigenvalue weighted by Crippen LogP contribution is -2.37. The Kier molecular flexibility index (Phi) is 4.80. The number of nitrogens with zero attached hydrogens (tertiary/aromatic N) is 3. The van der Waals surface area contributed by atoms with E-state index < -0.39 is 0 Å². The van der Waals surface area contributed by atoms with Crippen LogP contribution in [0.15, 0.2) is 12.3 Å². The van der Waals surface area contributed by atoms with Crippen LogP contribution in [0.5, 0.6) is 0 Å². The number of anilines is 1. The first-order valence-corrected chi connectivity index (χ1v) is 7.01. The molecule has 0 radical (unpaired) electrons. The molecule has 0 spiro atoms. The fraction of sp³-hybridized carbons (Fsp3) is 0.500. The number of aromatic nitrogens is 1. The molecule has 2 rings (SSSR count). The van der Waals surface area contributed by atoms with Gasteiger partial charge in [0.2, 0.25) is 0 Å². The summed E-state index contributed by atoms with van der Waals surface area (Å²) >= 11 is 6.17. The Hall–Kier alpha value is -1.80. The van der Waals surface area contributed by atoms with Crippen molar-refractivity contribution in [1.82, 2.24) is 4.98 Å². The zero-order valence-corrected chi connectivity index (χ0v) is 12.1. The highest BCUT2D eigenvalue weighted by atomic mass is 35.5. The fourth-order valence-electron chi connectivity index (χ4n) is 2.33. The highest BCUT2D eigenvalue weighted by molar-refractivity contribution is 6.34. The van der Waals surface area contributed by atoms with E-state index in [1.165, 1.54) is 0 Å². The molecule has 0 saturated carbocycles. The smallest absolute Gasteiger partial charge is 0.309 e. The summed E-state index contributed by atoms with van der Waals surface area (Å²) in [5.74, 6) is 0.439. The number of rotatable bonds is 3. The van der Waals surface area contributed by atoms with Crippen LogP contribution in [0.4, 0.5) is 5.82 Å². The van der Waals surface area contributed by atoms with Gasteiger partial charge in [-0.2, -0.15) is 5.26 Å². The third-order valence-corrected chi connectivity index (χ3v) is 3.78. The average Bonchev–Trinajstić information content (AvgIpc) is 2.48. The van der Waals surface area contributed by atoms with Crippen LogP contribution >= 0.6 is 11.6 Å². The Bertz CT molecular complexity index is 534. The highest BCUT2D eigenvalue weighted by Crippen LogP contribution is 2.30. The van der Waals surface area contributed by atoms with Crippen LogP contribution < -0.4 is 4.90 Å². The largest absolute Gasteiger partial charge is 0.466 e. The van der Waals surface area contributed by atoms with Gasteiger partial charge in [-0.15, -0.1) is 0 Å². The molecule has 1 saturated heterocycles. The quantitative estimate of drug-likeness (QED) is 0.801. The number of hydrogen-bond acceptors (Lipinski definition) is 5. The third-order valence-electron chi connectivity index (χ3n) is 3.41. The Balaban J connectivity index is 2.05. The van der Waals surface area contributed by atoms with E-state index in [1.54, 1.807) is 12.3 Å². The second-order valence-electron chi connectivity index (χ2n) is 4.62. The van der Waals surface area contributed by atoms with Gasteiger partial charge < -0.3 is 9.64 Å². The first kappa shape index (κ1) is 14.6. The summed E-state index contributed by atoms with van der Waals surface area (Å²) < 4.78 is 5.04. The molecule has 1 aliphatic rings. The molecule has 6 heteroatoms. The van der Waals surface area contributed by atoms with Crippen LogP contribution in [-0.2, 0) is 9.53 Å². The van der Waals surface area contributed by atoms with Crippen molar-refractivity contribution < 1.29 is 9.53 Å². The lowest BCUT2D eigenvalue weighted by molar-refractivity contribution is -0.148. The van der Waals surface area contributed by atoms with Crippen LogP contribution in [0, 0.1) is 17.2 Å². The minimum atomic E-state index is -0.128. The number of carbonyl (C=O) groups is 1. The number of hydrogen-bond donors (Lipinski definition) is 0. The zero-order chi connectivity index (χ0) is 14.5. The molecule has 0 amide bonds. The molecule has 0 atom stereocenters. The number of nitriles is 1. The van der Waals surface area contributed by atoms with Gasteiger partial charge in [0.15, 0.2) is 0 Å². The van der Waals surface area contributed by atoms with Crippen molar-refractivity contribution in [2.24, 2.45) is 5.92 Å². The molecule has 20 heavy (non-hydrogen) atoms.